The molecule has 1 aliphatic heterocycles. The highest BCUT2D eigenvalue weighted by molar-refractivity contribution is 7.22. The van der Waals surface area contributed by atoms with Crippen LogP contribution in [0.1, 0.15) is 10.4 Å². The van der Waals surface area contributed by atoms with Gasteiger partial charge < -0.3 is 4.74 Å². The fraction of sp³-hybridized carbons (Fsp3) is 0.300. The number of halogens is 3. The van der Waals surface area contributed by atoms with E-state index in [1.807, 2.05) is 18.2 Å². The molecule has 9 heteroatoms. The zero-order chi connectivity index (χ0) is 19.5. The van der Waals surface area contributed by atoms with Crippen molar-refractivity contribution in [2.45, 2.75) is 0 Å². The molecule has 0 spiro atoms. The van der Waals surface area contributed by atoms with E-state index < -0.39 is 0 Å². The highest BCUT2D eigenvalue weighted by Crippen LogP contribution is 2.31. The number of nitrogens with zero attached hydrogens (tertiary/aromatic N) is 3. The summed E-state index contributed by atoms with van der Waals surface area (Å²) in [6.45, 7) is 4.51. The predicted octanol–water partition coefficient (Wildman–Crippen LogP) is 5.00. The van der Waals surface area contributed by atoms with E-state index >= 15 is 0 Å². The monoisotopic (exact) mass is 471 g/mol. The Hall–Kier alpha value is -1.41. The molecule has 1 amide bonds. The summed E-state index contributed by atoms with van der Waals surface area (Å²) in [6.07, 6.45) is 0. The second-order valence-corrected chi connectivity index (χ2v) is 8.41. The Bertz CT molecular complexity index is 975. The molecule has 1 saturated heterocycles. The van der Waals surface area contributed by atoms with Gasteiger partial charge in [0.25, 0.3) is 5.91 Å². The Labute approximate surface area is 189 Å². The molecule has 154 valence electrons. The van der Waals surface area contributed by atoms with Gasteiger partial charge in [-0.1, -0.05) is 34.5 Å². The number of benzene rings is 2. The molecule has 1 fully saturated rings. The molecular formula is C20H20Cl3N3O2S. The third-order valence-corrected chi connectivity index (χ3v) is 6.18. The van der Waals surface area contributed by atoms with Crippen molar-refractivity contribution in [3.63, 3.8) is 0 Å². The van der Waals surface area contributed by atoms with Crippen LogP contribution in [0, 0.1) is 0 Å². The number of fused-ring (bicyclic) bond motifs is 1. The van der Waals surface area contributed by atoms with Crippen molar-refractivity contribution in [2.75, 3.05) is 44.3 Å². The minimum absolute atomic E-state index is 0. The summed E-state index contributed by atoms with van der Waals surface area (Å²) in [5, 5.41) is 1.93. The molecule has 29 heavy (non-hydrogen) atoms. The van der Waals surface area contributed by atoms with Gasteiger partial charge in [0.05, 0.1) is 23.4 Å². The Kier molecular flexibility index (Phi) is 7.73. The standard InChI is InChI=1S/C20H19Cl2N3O2S.ClH/c21-15-3-1-14(2-4-15)19(26)25(8-7-24-9-11-27-12-10-24)20-23-17-6-5-16(22)13-18(17)28-20;/h1-6,13H,7-12H2;1H. The van der Waals surface area contributed by atoms with Gasteiger partial charge in [0, 0.05) is 41.8 Å². The Morgan fingerprint density at radius 1 is 1.10 bits per heavy atom. The van der Waals surface area contributed by atoms with Gasteiger partial charge >= 0.3 is 0 Å². The Morgan fingerprint density at radius 2 is 1.79 bits per heavy atom. The number of hydrogen-bond acceptors (Lipinski definition) is 5. The molecule has 0 unspecified atom stereocenters. The number of ether oxygens (including phenoxy) is 1. The van der Waals surface area contributed by atoms with Crippen molar-refractivity contribution in [3.05, 3.63) is 58.1 Å². The molecule has 2 heterocycles. The van der Waals surface area contributed by atoms with E-state index in [-0.39, 0.29) is 18.3 Å². The number of carbonyl (C=O) groups excluding carboxylic acids is 1. The van der Waals surface area contributed by atoms with Crippen molar-refractivity contribution in [3.8, 4) is 0 Å². The molecule has 0 bridgehead atoms. The largest absolute Gasteiger partial charge is 0.379 e. The van der Waals surface area contributed by atoms with Crippen molar-refractivity contribution in [2.24, 2.45) is 0 Å². The topological polar surface area (TPSA) is 45.7 Å². The summed E-state index contributed by atoms with van der Waals surface area (Å²) in [7, 11) is 0. The summed E-state index contributed by atoms with van der Waals surface area (Å²) in [4.78, 5) is 22.0. The zero-order valence-corrected chi connectivity index (χ0v) is 18.7. The van der Waals surface area contributed by atoms with E-state index in [1.165, 1.54) is 11.3 Å². The van der Waals surface area contributed by atoms with Crippen LogP contribution in [0.3, 0.4) is 0 Å². The number of hydrogen-bond donors (Lipinski definition) is 0. The number of aromatic nitrogens is 1. The first-order valence-electron chi connectivity index (χ1n) is 9.04. The molecule has 0 aliphatic carbocycles. The first-order valence-corrected chi connectivity index (χ1v) is 10.6. The molecule has 3 aromatic rings. The number of rotatable bonds is 5. The van der Waals surface area contributed by atoms with Gasteiger partial charge in [-0.2, -0.15) is 0 Å². The van der Waals surface area contributed by atoms with Gasteiger partial charge in [-0.15, -0.1) is 12.4 Å². The highest BCUT2D eigenvalue weighted by atomic mass is 35.5. The molecule has 5 nitrogen and oxygen atoms in total. The average Bonchev–Trinajstić information content (AvgIpc) is 3.12. The molecule has 0 atom stereocenters. The number of thiazole rings is 1. The van der Waals surface area contributed by atoms with E-state index in [9.17, 15) is 4.79 Å². The lowest BCUT2D eigenvalue weighted by molar-refractivity contribution is 0.0391. The zero-order valence-electron chi connectivity index (χ0n) is 15.5. The van der Waals surface area contributed by atoms with Crippen LogP contribution < -0.4 is 4.90 Å². The number of anilines is 1. The van der Waals surface area contributed by atoms with Crippen LogP contribution in [0.4, 0.5) is 5.13 Å². The van der Waals surface area contributed by atoms with Gasteiger partial charge in [0.15, 0.2) is 5.13 Å². The van der Waals surface area contributed by atoms with E-state index in [2.05, 4.69) is 9.88 Å². The normalized spacial score (nSPS) is 14.6. The van der Waals surface area contributed by atoms with Crippen molar-refractivity contribution in [1.29, 1.82) is 0 Å². The maximum Gasteiger partial charge on any atom is 0.260 e. The molecule has 1 aromatic heterocycles. The lowest BCUT2D eigenvalue weighted by atomic mass is 10.2. The number of morpholine rings is 1. The molecular weight excluding hydrogens is 453 g/mol. The maximum absolute atomic E-state index is 13.3. The molecule has 0 N–H and O–H groups in total. The predicted molar refractivity (Wildman–Crippen MR) is 122 cm³/mol. The Morgan fingerprint density at radius 3 is 2.52 bits per heavy atom. The van der Waals surface area contributed by atoms with Crippen molar-refractivity contribution in [1.82, 2.24) is 9.88 Å². The molecule has 4 rings (SSSR count). The summed E-state index contributed by atoms with van der Waals surface area (Å²) < 4.78 is 6.37. The van der Waals surface area contributed by atoms with E-state index in [0.29, 0.717) is 27.3 Å². The number of carbonyl (C=O) groups is 1. The van der Waals surface area contributed by atoms with E-state index in [4.69, 9.17) is 27.9 Å². The summed E-state index contributed by atoms with van der Waals surface area (Å²) in [5.74, 6) is -0.0879. The molecule has 0 saturated carbocycles. The van der Waals surface area contributed by atoms with Crippen LogP contribution in [-0.4, -0.2) is 55.2 Å². The van der Waals surface area contributed by atoms with Crippen LogP contribution in [0.5, 0.6) is 0 Å². The average molecular weight is 473 g/mol. The summed E-state index contributed by atoms with van der Waals surface area (Å²) >= 11 is 13.6. The third kappa shape index (κ3) is 5.40. The second kappa shape index (κ2) is 10.1. The summed E-state index contributed by atoms with van der Waals surface area (Å²) in [5.41, 5.74) is 1.42. The minimum Gasteiger partial charge on any atom is -0.379 e. The maximum atomic E-state index is 13.3. The highest BCUT2D eigenvalue weighted by Gasteiger charge is 2.23. The first kappa shape index (κ1) is 22.3. The Balaban J connectivity index is 0.00000240. The minimum atomic E-state index is -0.0879. The van der Waals surface area contributed by atoms with Gasteiger partial charge in [-0.25, -0.2) is 4.98 Å². The molecule has 1 aliphatic rings. The van der Waals surface area contributed by atoms with Gasteiger partial charge in [0.2, 0.25) is 0 Å². The smallest absolute Gasteiger partial charge is 0.260 e. The number of amides is 1. The van der Waals surface area contributed by atoms with Gasteiger partial charge in [-0.05, 0) is 42.5 Å². The lowest BCUT2D eigenvalue weighted by Gasteiger charge is -2.29. The second-order valence-electron chi connectivity index (χ2n) is 6.53. The van der Waals surface area contributed by atoms with Crippen molar-refractivity contribution >= 4 is 68.2 Å². The third-order valence-electron chi connectivity index (χ3n) is 4.65. The summed E-state index contributed by atoms with van der Waals surface area (Å²) in [6, 6.07) is 12.5. The van der Waals surface area contributed by atoms with E-state index in [1.54, 1.807) is 29.2 Å². The quantitative estimate of drug-likeness (QED) is 0.524. The lowest BCUT2D eigenvalue weighted by Crippen LogP contribution is -2.43. The fourth-order valence-corrected chi connectivity index (χ4v) is 4.49. The molecule has 0 radical (unpaired) electrons. The van der Waals surface area contributed by atoms with Gasteiger partial charge in [-0.3, -0.25) is 14.6 Å². The van der Waals surface area contributed by atoms with E-state index in [0.717, 1.165) is 43.1 Å². The fourth-order valence-electron chi connectivity index (χ4n) is 3.10. The van der Waals surface area contributed by atoms with Crippen LogP contribution in [0.25, 0.3) is 10.2 Å². The first-order chi connectivity index (χ1) is 13.6. The van der Waals surface area contributed by atoms with Crippen LogP contribution >= 0.6 is 46.9 Å². The SMILES string of the molecule is Cl.O=C(c1ccc(Cl)cc1)N(CCN1CCOCC1)c1nc2ccc(Cl)cc2s1. The van der Waals surface area contributed by atoms with Crippen LogP contribution in [-0.2, 0) is 4.74 Å². The molecule has 2 aromatic carbocycles. The van der Waals surface area contributed by atoms with Crippen LogP contribution in [0.15, 0.2) is 42.5 Å². The van der Waals surface area contributed by atoms with Crippen LogP contribution in [0.2, 0.25) is 10.0 Å². The van der Waals surface area contributed by atoms with Gasteiger partial charge in [0.1, 0.15) is 0 Å². The van der Waals surface area contributed by atoms with Crippen molar-refractivity contribution < 1.29 is 9.53 Å².